The van der Waals surface area contributed by atoms with Gasteiger partial charge in [0.15, 0.2) is 0 Å². The first kappa shape index (κ1) is 18.7. The van der Waals surface area contributed by atoms with E-state index < -0.39 is 0 Å². The molecule has 0 radical (unpaired) electrons. The van der Waals surface area contributed by atoms with Gasteiger partial charge in [-0.05, 0) is 37.0 Å². The number of nitrogens with zero attached hydrogens (tertiary/aromatic N) is 1. The number of methoxy groups -OCH3 is 1. The molecule has 1 fully saturated rings. The summed E-state index contributed by atoms with van der Waals surface area (Å²) in [7, 11) is 1.67. The Morgan fingerprint density at radius 2 is 1.75 bits per heavy atom. The lowest BCUT2D eigenvalue weighted by Crippen LogP contribution is -2.46. The van der Waals surface area contributed by atoms with Gasteiger partial charge in [-0.25, -0.2) is 10.9 Å². The number of carbonyl (C=O) groups excluding carboxylic acids is 1. The summed E-state index contributed by atoms with van der Waals surface area (Å²) in [6.45, 7) is 6.05. The van der Waals surface area contributed by atoms with E-state index in [0.717, 1.165) is 50.9 Å². The highest BCUT2D eigenvalue weighted by Gasteiger charge is 2.32. The number of nitrogens with one attached hydrogen (secondary N) is 2. The number of rotatable bonds is 9. The number of unbranched alkanes of at least 4 members (excludes halogenated alkanes) is 2. The van der Waals surface area contributed by atoms with Gasteiger partial charge in [-0.15, -0.1) is 0 Å². The molecule has 1 aromatic carbocycles. The molecule has 1 heterocycles. The maximum atomic E-state index is 12.8. The summed E-state index contributed by atoms with van der Waals surface area (Å²) in [4.78, 5) is 14.9. The summed E-state index contributed by atoms with van der Waals surface area (Å²) >= 11 is 0. The first-order valence-corrected chi connectivity index (χ1v) is 9.13. The Hall–Kier alpha value is -1.59. The number of hydrogen-bond acceptors (Lipinski definition) is 4. The van der Waals surface area contributed by atoms with Crippen molar-refractivity contribution in [3.8, 4) is 5.75 Å². The number of ether oxygens (including phenoxy) is 1. The van der Waals surface area contributed by atoms with Crippen LogP contribution in [0, 0.1) is 0 Å². The molecule has 2 rings (SSSR count). The fraction of sp³-hybridized carbons (Fsp3) is 0.632. The highest BCUT2D eigenvalue weighted by Crippen LogP contribution is 2.25. The Morgan fingerprint density at radius 3 is 2.29 bits per heavy atom. The number of amides is 1. The van der Waals surface area contributed by atoms with Gasteiger partial charge in [0.05, 0.1) is 7.11 Å². The van der Waals surface area contributed by atoms with Crippen LogP contribution < -0.4 is 15.6 Å². The lowest BCUT2D eigenvalue weighted by molar-refractivity contribution is -0.133. The maximum absolute atomic E-state index is 12.8. The van der Waals surface area contributed by atoms with E-state index in [1.807, 2.05) is 17.0 Å². The third-order valence-electron chi connectivity index (χ3n) is 4.59. The van der Waals surface area contributed by atoms with Gasteiger partial charge in [0.2, 0.25) is 5.91 Å². The molecule has 0 bridgehead atoms. The molecule has 1 aliphatic rings. The molecule has 134 valence electrons. The molecule has 0 spiro atoms. The molecule has 24 heavy (non-hydrogen) atoms. The quantitative estimate of drug-likeness (QED) is 0.729. The van der Waals surface area contributed by atoms with E-state index in [2.05, 4.69) is 36.8 Å². The smallest absolute Gasteiger partial charge is 0.241 e. The van der Waals surface area contributed by atoms with Crippen LogP contribution in [0.25, 0.3) is 0 Å². The molecule has 5 nitrogen and oxygen atoms in total. The summed E-state index contributed by atoms with van der Waals surface area (Å²) in [6, 6.07) is 8.03. The van der Waals surface area contributed by atoms with E-state index in [9.17, 15) is 4.79 Å². The molecule has 1 amide bonds. The predicted octanol–water partition coefficient (Wildman–Crippen LogP) is 3.03. The van der Waals surface area contributed by atoms with Crippen LogP contribution in [0.2, 0.25) is 0 Å². The third kappa shape index (κ3) is 4.95. The summed E-state index contributed by atoms with van der Waals surface area (Å²) in [5.41, 5.74) is 7.64. The van der Waals surface area contributed by atoms with Crippen LogP contribution in [0.15, 0.2) is 24.3 Å². The second-order valence-corrected chi connectivity index (χ2v) is 6.44. The monoisotopic (exact) mass is 333 g/mol. The molecule has 1 aliphatic heterocycles. The average molecular weight is 333 g/mol. The molecule has 1 saturated heterocycles. The Morgan fingerprint density at radius 1 is 1.12 bits per heavy atom. The van der Waals surface area contributed by atoms with Gasteiger partial charge in [0, 0.05) is 19.1 Å². The number of carbonyl (C=O) groups is 1. The van der Waals surface area contributed by atoms with E-state index >= 15 is 0 Å². The normalized spacial score (nSPS) is 20.1. The molecule has 1 aromatic rings. The fourth-order valence-corrected chi connectivity index (χ4v) is 3.02. The van der Waals surface area contributed by atoms with E-state index in [-0.39, 0.29) is 18.0 Å². The van der Waals surface area contributed by atoms with E-state index in [1.165, 1.54) is 5.56 Å². The lowest BCUT2D eigenvalue weighted by atomic mass is 10.0. The topological polar surface area (TPSA) is 53.6 Å². The molecular formula is C19H31N3O2. The van der Waals surface area contributed by atoms with Crippen LogP contribution in [0.4, 0.5) is 0 Å². The minimum absolute atomic E-state index is 0.147. The largest absolute Gasteiger partial charge is 0.497 e. The van der Waals surface area contributed by atoms with Crippen molar-refractivity contribution in [2.24, 2.45) is 0 Å². The lowest BCUT2D eigenvalue weighted by Gasteiger charge is -2.25. The third-order valence-corrected chi connectivity index (χ3v) is 4.59. The standard InChI is InChI=1S/C19H31N3O2/c1-4-6-12-22(13-7-5-2)19(23)18-14-17(20-21-18)15-8-10-16(24-3)11-9-15/h8-11,17-18,20-21H,4-7,12-14H2,1-3H3. The van der Waals surface area contributed by atoms with Crippen molar-refractivity contribution in [2.75, 3.05) is 20.2 Å². The van der Waals surface area contributed by atoms with Crippen molar-refractivity contribution in [2.45, 2.75) is 58.0 Å². The van der Waals surface area contributed by atoms with Crippen LogP contribution in [0.5, 0.6) is 5.75 Å². The predicted molar refractivity (Wildman–Crippen MR) is 96.8 cm³/mol. The van der Waals surface area contributed by atoms with Crippen LogP contribution >= 0.6 is 0 Å². The molecule has 5 heteroatoms. The second kappa shape index (κ2) is 9.64. The van der Waals surface area contributed by atoms with Crippen molar-refractivity contribution >= 4 is 5.91 Å². The number of hydrogen-bond donors (Lipinski definition) is 2. The van der Waals surface area contributed by atoms with Crippen molar-refractivity contribution in [3.05, 3.63) is 29.8 Å². The summed E-state index contributed by atoms with van der Waals surface area (Å²) < 4.78 is 5.20. The van der Waals surface area contributed by atoms with Gasteiger partial charge in [-0.3, -0.25) is 4.79 Å². The first-order valence-electron chi connectivity index (χ1n) is 9.13. The second-order valence-electron chi connectivity index (χ2n) is 6.44. The Kier molecular flexibility index (Phi) is 7.53. The van der Waals surface area contributed by atoms with Gasteiger partial charge in [0.1, 0.15) is 11.8 Å². The van der Waals surface area contributed by atoms with Crippen molar-refractivity contribution < 1.29 is 9.53 Å². The van der Waals surface area contributed by atoms with Crippen molar-refractivity contribution in [1.82, 2.24) is 15.8 Å². The molecule has 2 unspecified atom stereocenters. The summed E-state index contributed by atoms with van der Waals surface area (Å²) in [6.07, 6.45) is 5.14. The van der Waals surface area contributed by atoms with Gasteiger partial charge in [-0.2, -0.15) is 0 Å². The fourth-order valence-electron chi connectivity index (χ4n) is 3.02. The number of benzene rings is 1. The van der Waals surface area contributed by atoms with Gasteiger partial charge < -0.3 is 9.64 Å². The van der Waals surface area contributed by atoms with Crippen LogP contribution in [-0.4, -0.2) is 37.0 Å². The maximum Gasteiger partial charge on any atom is 0.241 e. The zero-order chi connectivity index (χ0) is 17.4. The highest BCUT2D eigenvalue weighted by atomic mass is 16.5. The molecule has 2 atom stereocenters. The van der Waals surface area contributed by atoms with Crippen LogP contribution in [0.3, 0.4) is 0 Å². The SMILES string of the molecule is CCCCN(CCCC)C(=O)C1CC(c2ccc(OC)cc2)NN1. The van der Waals surface area contributed by atoms with Crippen molar-refractivity contribution in [3.63, 3.8) is 0 Å². The van der Waals surface area contributed by atoms with E-state index in [1.54, 1.807) is 7.11 Å². The highest BCUT2D eigenvalue weighted by molar-refractivity contribution is 5.82. The molecule has 0 aliphatic carbocycles. The Balaban J connectivity index is 1.94. The zero-order valence-corrected chi connectivity index (χ0v) is 15.2. The number of hydrazine groups is 1. The zero-order valence-electron chi connectivity index (χ0n) is 15.2. The minimum Gasteiger partial charge on any atom is -0.497 e. The minimum atomic E-state index is -0.147. The summed E-state index contributed by atoms with van der Waals surface area (Å²) in [5, 5.41) is 0. The molecule has 0 aromatic heterocycles. The van der Waals surface area contributed by atoms with Gasteiger partial charge in [-0.1, -0.05) is 38.8 Å². The first-order chi connectivity index (χ1) is 11.7. The Bertz CT molecular complexity index is 496. The van der Waals surface area contributed by atoms with Crippen molar-refractivity contribution in [1.29, 1.82) is 0 Å². The summed E-state index contributed by atoms with van der Waals surface area (Å²) in [5.74, 6) is 1.07. The molecule has 0 saturated carbocycles. The van der Waals surface area contributed by atoms with E-state index in [4.69, 9.17) is 4.74 Å². The average Bonchev–Trinajstić information content (AvgIpc) is 3.11. The van der Waals surface area contributed by atoms with E-state index in [0.29, 0.717) is 0 Å². The molecule has 2 N–H and O–H groups in total. The van der Waals surface area contributed by atoms with Crippen LogP contribution in [-0.2, 0) is 4.79 Å². The van der Waals surface area contributed by atoms with Gasteiger partial charge in [0.25, 0.3) is 0 Å². The van der Waals surface area contributed by atoms with Crippen LogP contribution in [0.1, 0.15) is 57.6 Å². The molecular weight excluding hydrogens is 302 g/mol. The Labute approximate surface area is 145 Å². The van der Waals surface area contributed by atoms with Gasteiger partial charge >= 0.3 is 0 Å².